The highest BCUT2D eigenvalue weighted by Crippen LogP contribution is 2.39. The lowest BCUT2D eigenvalue weighted by Gasteiger charge is -2.43. The van der Waals surface area contributed by atoms with E-state index in [1.54, 1.807) is 29.2 Å². The molecule has 138 valence electrons. The molecule has 1 unspecified atom stereocenters. The smallest absolute Gasteiger partial charge is 0.411 e. The molecular weight excluding hydrogens is 357 g/mol. The number of carbonyl (C=O) groups excluding carboxylic acids is 1. The summed E-state index contributed by atoms with van der Waals surface area (Å²) in [4.78, 5) is 14.4. The monoisotopic (exact) mass is 377 g/mol. The Balaban J connectivity index is 1.81. The maximum atomic E-state index is 13.3. The zero-order chi connectivity index (χ0) is 18.7. The molecule has 1 saturated heterocycles. The van der Waals surface area contributed by atoms with Crippen molar-refractivity contribution in [3.63, 3.8) is 0 Å². The van der Waals surface area contributed by atoms with Crippen molar-refractivity contribution >= 4 is 17.7 Å². The Bertz CT molecular complexity index is 766. The Hall–Kier alpha value is -2.11. The van der Waals surface area contributed by atoms with Crippen LogP contribution in [0.25, 0.3) is 0 Å². The van der Waals surface area contributed by atoms with E-state index in [1.807, 2.05) is 19.1 Å². The van der Waals surface area contributed by atoms with E-state index in [1.165, 1.54) is 12.1 Å². The van der Waals surface area contributed by atoms with Gasteiger partial charge in [-0.15, -0.1) is 0 Å². The highest BCUT2D eigenvalue weighted by molar-refractivity contribution is 6.30. The first kappa shape index (κ1) is 18.7. The molecule has 1 heterocycles. The molecule has 4 nitrogen and oxygen atoms in total. The molecule has 1 aliphatic rings. The van der Waals surface area contributed by atoms with Gasteiger partial charge >= 0.3 is 6.09 Å². The second-order valence-electron chi connectivity index (χ2n) is 6.51. The number of amides is 1. The number of rotatable bonds is 5. The van der Waals surface area contributed by atoms with Gasteiger partial charge in [0, 0.05) is 31.0 Å². The average molecular weight is 378 g/mol. The van der Waals surface area contributed by atoms with Crippen molar-refractivity contribution < 1.29 is 19.0 Å². The van der Waals surface area contributed by atoms with E-state index in [2.05, 4.69) is 0 Å². The number of nitrogens with zero attached hydrogens (tertiary/aromatic N) is 1. The van der Waals surface area contributed by atoms with Crippen LogP contribution in [0.15, 0.2) is 48.5 Å². The zero-order valence-corrected chi connectivity index (χ0v) is 15.2. The van der Waals surface area contributed by atoms with Crippen LogP contribution in [-0.2, 0) is 10.3 Å². The molecule has 1 aliphatic heterocycles. The van der Waals surface area contributed by atoms with Gasteiger partial charge in [0.15, 0.2) is 0 Å². The van der Waals surface area contributed by atoms with Crippen molar-refractivity contribution in [2.75, 3.05) is 13.2 Å². The van der Waals surface area contributed by atoms with Crippen LogP contribution in [0.1, 0.15) is 36.9 Å². The quantitative estimate of drug-likeness (QED) is 0.824. The highest BCUT2D eigenvalue weighted by Gasteiger charge is 2.43. The molecule has 0 saturated carbocycles. The van der Waals surface area contributed by atoms with Gasteiger partial charge in [-0.2, -0.15) is 0 Å². The predicted molar refractivity (Wildman–Crippen MR) is 97.5 cm³/mol. The Kier molecular flexibility index (Phi) is 5.49. The third kappa shape index (κ3) is 3.69. The summed E-state index contributed by atoms with van der Waals surface area (Å²) in [6.45, 7) is 2.28. The van der Waals surface area contributed by atoms with Crippen LogP contribution in [0.4, 0.5) is 9.18 Å². The summed E-state index contributed by atoms with van der Waals surface area (Å²) >= 11 is 5.93. The first-order chi connectivity index (χ1) is 12.4. The predicted octanol–water partition coefficient (Wildman–Crippen LogP) is 4.66. The summed E-state index contributed by atoms with van der Waals surface area (Å²) in [5, 5.41) is 10.1. The number of benzene rings is 2. The van der Waals surface area contributed by atoms with E-state index in [4.69, 9.17) is 16.3 Å². The summed E-state index contributed by atoms with van der Waals surface area (Å²) in [6.07, 6.45) is 0.340. The third-order valence-corrected chi connectivity index (χ3v) is 5.23. The summed E-state index contributed by atoms with van der Waals surface area (Å²) in [6, 6.07) is 13.1. The lowest BCUT2D eigenvalue weighted by molar-refractivity contribution is -0.0718. The van der Waals surface area contributed by atoms with Crippen molar-refractivity contribution in [3.8, 4) is 0 Å². The first-order valence-electron chi connectivity index (χ1n) is 8.57. The van der Waals surface area contributed by atoms with Gasteiger partial charge in [0.05, 0.1) is 6.04 Å². The Labute approximate surface area is 157 Å². The molecule has 1 amide bonds. The van der Waals surface area contributed by atoms with Crippen molar-refractivity contribution in [3.05, 3.63) is 70.5 Å². The summed E-state index contributed by atoms with van der Waals surface area (Å²) in [5.74, 6) is -0.354. The second-order valence-corrected chi connectivity index (χ2v) is 6.95. The fourth-order valence-electron chi connectivity index (χ4n) is 3.40. The van der Waals surface area contributed by atoms with Crippen molar-refractivity contribution in [1.29, 1.82) is 0 Å². The molecule has 0 spiro atoms. The van der Waals surface area contributed by atoms with Crippen molar-refractivity contribution in [2.24, 2.45) is 0 Å². The molecule has 3 rings (SSSR count). The summed E-state index contributed by atoms with van der Waals surface area (Å²) < 4.78 is 19.0. The van der Waals surface area contributed by atoms with E-state index in [9.17, 15) is 14.3 Å². The summed E-state index contributed by atoms with van der Waals surface area (Å²) in [7, 11) is 0. The van der Waals surface area contributed by atoms with Crippen LogP contribution in [0.5, 0.6) is 0 Å². The number of aliphatic hydroxyl groups is 1. The van der Waals surface area contributed by atoms with Crippen LogP contribution in [0.2, 0.25) is 5.02 Å². The van der Waals surface area contributed by atoms with Crippen molar-refractivity contribution in [1.82, 2.24) is 4.90 Å². The molecule has 2 atom stereocenters. The van der Waals surface area contributed by atoms with E-state index in [0.29, 0.717) is 23.6 Å². The van der Waals surface area contributed by atoms with Gasteiger partial charge < -0.3 is 14.7 Å². The number of halogens is 2. The molecule has 2 aromatic rings. The highest BCUT2D eigenvalue weighted by atomic mass is 35.5. The van der Waals surface area contributed by atoms with Gasteiger partial charge in [0.2, 0.25) is 0 Å². The zero-order valence-electron chi connectivity index (χ0n) is 14.5. The van der Waals surface area contributed by atoms with Crippen molar-refractivity contribution in [2.45, 2.75) is 31.4 Å². The van der Waals surface area contributed by atoms with Crippen LogP contribution in [-0.4, -0.2) is 29.3 Å². The second kappa shape index (κ2) is 7.64. The molecular formula is C20H21ClFNO3. The van der Waals surface area contributed by atoms with Crippen LogP contribution in [0, 0.1) is 5.82 Å². The molecule has 0 bridgehead atoms. The van der Waals surface area contributed by atoms with Gasteiger partial charge in [-0.1, -0.05) is 35.9 Å². The van der Waals surface area contributed by atoms with Crippen LogP contribution < -0.4 is 0 Å². The largest absolute Gasteiger partial charge is 0.438 e. The standard InChI is InChI=1S/C20H21ClFNO3/c1-14(15-2-6-17(21)7-3-15)23-12-10-20(11-13-24,26-19(23)25)16-4-8-18(22)9-5-16/h2-9,14,24H,10-13H2,1H3/t14-,20?/m0/s1. The molecule has 6 heteroatoms. The third-order valence-electron chi connectivity index (χ3n) is 4.98. The SMILES string of the molecule is C[C@@H](c1ccc(Cl)cc1)N1CCC(CCO)(c2ccc(F)cc2)OC1=O. The van der Waals surface area contributed by atoms with Gasteiger partial charge in [0.1, 0.15) is 11.4 Å². The van der Waals surface area contributed by atoms with E-state index in [-0.39, 0.29) is 24.9 Å². The normalized spacial score (nSPS) is 21.4. The minimum absolute atomic E-state index is 0.128. The molecule has 26 heavy (non-hydrogen) atoms. The number of hydrogen-bond donors (Lipinski definition) is 1. The Morgan fingerprint density at radius 2 is 1.88 bits per heavy atom. The maximum Gasteiger partial charge on any atom is 0.411 e. The number of aliphatic hydroxyl groups excluding tert-OH is 1. The molecule has 0 aromatic heterocycles. The van der Waals surface area contributed by atoms with Gasteiger partial charge in [-0.3, -0.25) is 0 Å². The van der Waals surface area contributed by atoms with Gasteiger partial charge in [-0.05, 0) is 42.3 Å². The average Bonchev–Trinajstić information content (AvgIpc) is 2.63. The number of carbonyl (C=O) groups is 1. The molecule has 2 aromatic carbocycles. The van der Waals surface area contributed by atoms with Crippen LogP contribution in [0.3, 0.4) is 0 Å². The van der Waals surface area contributed by atoms with E-state index < -0.39 is 11.7 Å². The van der Waals surface area contributed by atoms with Crippen LogP contribution >= 0.6 is 11.6 Å². The maximum absolute atomic E-state index is 13.3. The minimum atomic E-state index is -0.935. The van der Waals surface area contributed by atoms with Gasteiger partial charge in [0.25, 0.3) is 0 Å². The number of ether oxygens (including phenoxy) is 1. The lowest BCUT2D eigenvalue weighted by Crippen LogP contribution is -2.49. The lowest BCUT2D eigenvalue weighted by atomic mass is 9.85. The number of hydrogen-bond acceptors (Lipinski definition) is 3. The molecule has 1 N–H and O–H groups in total. The fraction of sp³-hybridized carbons (Fsp3) is 0.350. The van der Waals surface area contributed by atoms with Gasteiger partial charge in [-0.25, -0.2) is 9.18 Å². The minimum Gasteiger partial charge on any atom is -0.438 e. The fourth-order valence-corrected chi connectivity index (χ4v) is 3.53. The molecule has 0 radical (unpaired) electrons. The van der Waals surface area contributed by atoms with E-state index >= 15 is 0 Å². The first-order valence-corrected chi connectivity index (χ1v) is 8.95. The Morgan fingerprint density at radius 3 is 2.46 bits per heavy atom. The molecule has 1 fully saturated rings. The van der Waals surface area contributed by atoms with E-state index in [0.717, 1.165) is 5.56 Å². The topological polar surface area (TPSA) is 49.8 Å². The number of cyclic esters (lactones) is 1. The summed E-state index contributed by atoms with van der Waals surface area (Å²) in [5.41, 5.74) is 0.721. The molecule has 0 aliphatic carbocycles. The Morgan fingerprint density at radius 1 is 1.23 bits per heavy atom.